The van der Waals surface area contributed by atoms with Gasteiger partial charge in [-0.1, -0.05) is 19.8 Å². The third-order valence-electron chi connectivity index (χ3n) is 4.11. The van der Waals surface area contributed by atoms with Crippen molar-refractivity contribution in [2.45, 2.75) is 44.8 Å². The summed E-state index contributed by atoms with van der Waals surface area (Å²) in [4.78, 5) is 37.2. The Kier molecular flexibility index (Phi) is 5.30. The maximum Gasteiger partial charge on any atom is 0.417 e. The highest BCUT2D eigenvalue weighted by Crippen LogP contribution is 2.29. The minimum absolute atomic E-state index is 0.156. The van der Waals surface area contributed by atoms with Crippen LogP contribution >= 0.6 is 0 Å². The van der Waals surface area contributed by atoms with Crippen LogP contribution in [0.1, 0.15) is 38.2 Å². The fourth-order valence-electron chi connectivity index (χ4n) is 2.68. The van der Waals surface area contributed by atoms with Gasteiger partial charge in [-0.3, -0.25) is 14.4 Å². The average Bonchev–Trinajstić information content (AvgIpc) is 2.50. The first-order valence-corrected chi connectivity index (χ1v) is 7.60. The van der Waals surface area contributed by atoms with Gasteiger partial charge < -0.3 is 15.6 Å². The maximum absolute atomic E-state index is 12.6. The Labute approximate surface area is 135 Å². The zero-order valence-electron chi connectivity index (χ0n) is 13.0. The zero-order chi connectivity index (χ0) is 17.9. The smallest absolute Gasteiger partial charge is 0.345 e. The van der Waals surface area contributed by atoms with Crippen LogP contribution < -0.4 is 16.2 Å². The summed E-state index contributed by atoms with van der Waals surface area (Å²) >= 11 is 0. The summed E-state index contributed by atoms with van der Waals surface area (Å²) in [5.41, 5.74) is -2.67. The molecule has 2 atom stereocenters. The number of H-pyrrole nitrogens is 1. The van der Waals surface area contributed by atoms with Crippen LogP contribution in [0.25, 0.3) is 0 Å². The lowest BCUT2D eigenvalue weighted by atomic mass is 9.86. The van der Waals surface area contributed by atoms with Crippen molar-refractivity contribution in [1.29, 1.82) is 0 Å². The Morgan fingerprint density at radius 1 is 1.21 bits per heavy atom. The quantitative estimate of drug-likeness (QED) is 0.716. The Morgan fingerprint density at radius 3 is 2.50 bits per heavy atom. The first-order valence-electron chi connectivity index (χ1n) is 7.60. The normalized spacial score (nSPS) is 21.2. The second-order valence-corrected chi connectivity index (χ2v) is 5.92. The van der Waals surface area contributed by atoms with E-state index in [2.05, 4.69) is 5.32 Å². The molecule has 1 aliphatic carbocycles. The van der Waals surface area contributed by atoms with Gasteiger partial charge in [-0.25, -0.2) is 0 Å². The van der Waals surface area contributed by atoms with E-state index in [0.717, 1.165) is 25.7 Å². The SMILES string of the molecule is CC1CCCCC1NC(=O)C(=O)Nc1cc(C(F)(F)F)c[nH]c1=O. The summed E-state index contributed by atoms with van der Waals surface area (Å²) < 4.78 is 37.9. The van der Waals surface area contributed by atoms with Gasteiger partial charge in [0, 0.05) is 12.2 Å². The van der Waals surface area contributed by atoms with Crippen LogP contribution in [0.5, 0.6) is 0 Å². The number of carbonyl (C=O) groups is 2. The molecule has 3 N–H and O–H groups in total. The van der Waals surface area contributed by atoms with Crippen LogP contribution in [-0.2, 0) is 15.8 Å². The number of anilines is 1. The first-order chi connectivity index (χ1) is 11.2. The lowest BCUT2D eigenvalue weighted by Gasteiger charge is -2.29. The van der Waals surface area contributed by atoms with Crippen molar-refractivity contribution in [1.82, 2.24) is 10.3 Å². The molecule has 1 saturated carbocycles. The van der Waals surface area contributed by atoms with Crippen molar-refractivity contribution >= 4 is 17.5 Å². The van der Waals surface area contributed by atoms with Gasteiger partial charge >= 0.3 is 18.0 Å². The molecule has 0 radical (unpaired) electrons. The van der Waals surface area contributed by atoms with E-state index in [4.69, 9.17) is 0 Å². The fourth-order valence-corrected chi connectivity index (χ4v) is 2.68. The second-order valence-electron chi connectivity index (χ2n) is 5.92. The van der Waals surface area contributed by atoms with Crippen molar-refractivity contribution in [2.24, 2.45) is 5.92 Å². The fraction of sp³-hybridized carbons (Fsp3) is 0.533. The molecule has 0 aromatic carbocycles. The molecule has 0 saturated heterocycles. The Hall–Kier alpha value is -2.32. The molecule has 1 heterocycles. The van der Waals surface area contributed by atoms with Crippen LogP contribution in [0.4, 0.5) is 18.9 Å². The summed E-state index contributed by atoms with van der Waals surface area (Å²) in [7, 11) is 0. The van der Waals surface area contributed by atoms with Crippen molar-refractivity contribution in [2.75, 3.05) is 5.32 Å². The summed E-state index contributed by atoms with van der Waals surface area (Å²) in [6.07, 6.45) is -0.515. The van der Waals surface area contributed by atoms with Crippen LogP contribution in [-0.4, -0.2) is 22.8 Å². The Balaban J connectivity index is 2.06. The van der Waals surface area contributed by atoms with Crippen LogP contribution in [0, 0.1) is 5.92 Å². The van der Waals surface area contributed by atoms with E-state index in [1.54, 1.807) is 0 Å². The number of halogens is 3. The van der Waals surface area contributed by atoms with Gasteiger partial charge in [-0.05, 0) is 24.8 Å². The van der Waals surface area contributed by atoms with E-state index in [-0.39, 0.29) is 12.0 Å². The van der Waals surface area contributed by atoms with Crippen LogP contribution in [0.3, 0.4) is 0 Å². The first kappa shape index (κ1) is 18.0. The van der Waals surface area contributed by atoms with E-state index in [1.165, 1.54) is 0 Å². The van der Waals surface area contributed by atoms with Crippen LogP contribution in [0.2, 0.25) is 0 Å². The Morgan fingerprint density at radius 2 is 1.88 bits per heavy atom. The molecule has 1 fully saturated rings. The molecular formula is C15H18F3N3O3. The molecule has 0 aliphatic heterocycles. The van der Waals surface area contributed by atoms with Crippen molar-refractivity contribution in [3.05, 3.63) is 28.2 Å². The molecule has 2 unspecified atom stereocenters. The molecule has 2 amide bonds. The molecular weight excluding hydrogens is 327 g/mol. The number of hydrogen-bond donors (Lipinski definition) is 3. The van der Waals surface area contributed by atoms with Gasteiger partial charge in [0.2, 0.25) is 0 Å². The van der Waals surface area contributed by atoms with Gasteiger partial charge in [0.05, 0.1) is 5.56 Å². The lowest BCUT2D eigenvalue weighted by Crippen LogP contribution is -2.46. The third-order valence-corrected chi connectivity index (χ3v) is 4.11. The van der Waals surface area contributed by atoms with Crippen molar-refractivity contribution < 1.29 is 22.8 Å². The minimum atomic E-state index is -4.68. The van der Waals surface area contributed by atoms with Gasteiger partial charge in [-0.15, -0.1) is 0 Å². The summed E-state index contributed by atoms with van der Waals surface area (Å²) in [5.74, 6) is -1.92. The number of aromatic nitrogens is 1. The third kappa shape index (κ3) is 4.36. The predicted molar refractivity (Wildman–Crippen MR) is 80.3 cm³/mol. The maximum atomic E-state index is 12.6. The van der Waals surface area contributed by atoms with Gasteiger partial charge in [0.25, 0.3) is 5.56 Å². The number of aromatic amines is 1. The van der Waals surface area contributed by atoms with E-state index >= 15 is 0 Å². The molecule has 132 valence electrons. The molecule has 24 heavy (non-hydrogen) atoms. The predicted octanol–water partition coefficient (Wildman–Crippen LogP) is 2.03. The van der Waals surface area contributed by atoms with E-state index in [1.807, 2.05) is 17.2 Å². The largest absolute Gasteiger partial charge is 0.417 e. The zero-order valence-corrected chi connectivity index (χ0v) is 13.0. The number of pyridine rings is 1. The highest BCUT2D eigenvalue weighted by molar-refractivity contribution is 6.39. The highest BCUT2D eigenvalue weighted by Gasteiger charge is 2.32. The molecule has 9 heteroatoms. The topological polar surface area (TPSA) is 91.1 Å². The lowest BCUT2D eigenvalue weighted by molar-refractivity contribution is -0.138. The summed E-state index contributed by atoms with van der Waals surface area (Å²) in [6, 6.07) is 0.338. The molecule has 6 nitrogen and oxygen atoms in total. The molecule has 1 aliphatic rings. The minimum Gasteiger partial charge on any atom is -0.345 e. The Bertz CT molecular complexity index is 685. The number of hydrogen-bond acceptors (Lipinski definition) is 3. The van der Waals surface area contributed by atoms with Crippen molar-refractivity contribution in [3.8, 4) is 0 Å². The number of rotatable bonds is 2. The summed E-state index contributed by atoms with van der Waals surface area (Å²) in [6.45, 7) is 1.96. The molecule has 0 spiro atoms. The van der Waals surface area contributed by atoms with Crippen LogP contribution in [0.15, 0.2) is 17.1 Å². The number of alkyl halides is 3. The van der Waals surface area contributed by atoms with E-state index in [9.17, 15) is 27.6 Å². The van der Waals surface area contributed by atoms with Gasteiger partial charge in [-0.2, -0.15) is 13.2 Å². The number of amides is 2. The van der Waals surface area contributed by atoms with Gasteiger partial charge in [0.1, 0.15) is 5.69 Å². The van der Waals surface area contributed by atoms with E-state index < -0.39 is 34.8 Å². The molecule has 2 rings (SSSR count). The van der Waals surface area contributed by atoms with Crippen molar-refractivity contribution in [3.63, 3.8) is 0 Å². The highest BCUT2D eigenvalue weighted by atomic mass is 19.4. The molecule has 0 bridgehead atoms. The van der Waals surface area contributed by atoms with Gasteiger partial charge in [0.15, 0.2) is 0 Å². The standard InChI is InChI=1S/C15H18F3N3O3/c1-8-4-2-3-5-10(8)20-13(23)14(24)21-11-6-9(15(16,17)18)7-19-12(11)22/h6-8,10H,2-5H2,1H3,(H,19,22)(H,20,23)(H,21,24). The molecule has 1 aromatic heterocycles. The summed E-state index contributed by atoms with van der Waals surface area (Å²) in [5, 5.41) is 4.50. The molecule has 1 aromatic rings. The van der Waals surface area contributed by atoms with E-state index in [0.29, 0.717) is 12.3 Å². The number of nitrogens with one attached hydrogen (secondary N) is 3. The average molecular weight is 345 g/mol. The monoisotopic (exact) mass is 345 g/mol. The number of carbonyl (C=O) groups excluding carboxylic acids is 2. The second kappa shape index (κ2) is 7.06.